The molecule has 0 bridgehead atoms. The summed E-state index contributed by atoms with van der Waals surface area (Å²) >= 11 is 5.84. The number of anilines is 1. The Morgan fingerprint density at radius 1 is 1.13 bits per heavy atom. The number of carbonyl (C=O) groups is 3. The largest absolute Gasteiger partial charge is 0.357 e. The summed E-state index contributed by atoms with van der Waals surface area (Å²) in [5.74, 6) is -3.04. The summed E-state index contributed by atoms with van der Waals surface area (Å²) in [5.41, 5.74) is 1.61. The van der Waals surface area contributed by atoms with Crippen molar-refractivity contribution < 1.29 is 19.3 Å². The molecule has 156 valence electrons. The van der Waals surface area contributed by atoms with Gasteiger partial charge in [0.05, 0.1) is 22.8 Å². The number of nitrogens with zero attached hydrogens (tertiary/aromatic N) is 2. The zero-order valence-corrected chi connectivity index (χ0v) is 16.6. The highest BCUT2D eigenvalue weighted by Crippen LogP contribution is 2.50. The van der Waals surface area contributed by atoms with Crippen molar-refractivity contribution >= 4 is 46.8 Å². The Morgan fingerprint density at radius 3 is 2.65 bits per heavy atom. The van der Waals surface area contributed by atoms with Crippen LogP contribution in [0.5, 0.6) is 0 Å². The maximum atomic E-state index is 13.3. The molecule has 3 aliphatic rings. The van der Waals surface area contributed by atoms with Crippen molar-refractivity contribution in [3.05, 3.63) is 74.9 Å². The first kappa shape index (κ1) is 19.3. The lowest BCUT2D eigenvalue weighted by molar-refractivity contribution is -0.384. The number of halogens is 1. The second kappa shape index (κ2) is 6.92. The molecule has 2 fully saturated rings. The van der Waals surface area contributed by atoms with E-state index in [1.54, 1.807) is 11.1 Å². The molecular formula is C21H15ClN4O5. The van der Waals surface area contributed by atoms with Gasteiger partial charge in [0, 0.05) is 18.0 Å². The summed E-state index contributed by atoms with van der Waals surface area (Å²) in [6.07, 6.45) is 3.56. The average molecular weight is 439 g/mol. The third-order valence-corrected chi connectivity index (χ3v) is 6.30. The Balaban J connectivity index is 1.52. The third kappa shape index (κ3) is 2.89. The zero-order chi connectivity index (χ0) is 21.9. The predicted octanol–water partition coefficient (Wildman–Crippen LogP) is 2.49. The van der Waals surface area contributed by atoms with Gasteiger partial charge in [-0.2, -0.15) is 0 Å². The van der Waals surface area contributed by atoms with Crippen LogP contribution in [0.2, 0.25) is 5.02 Å². The standard InChI is InChI=1S/C21H15ClN4O5/c22-13-6-5-11(9-14(13)26(30)31)23-21(29)18-16-15(19(27)24-20(16)28)17-12-4-2-1-3-10(12)7-8-25(17)18/h1-9,15-18H,(H,23,29)(H,24,27,28)/t15-,16+,17-,18-/m0/s1. The summed E-state index contributed by atoms with van der Waals surface area (Å²) in [6.45, 7) is 0. The highest BCUT2D eigenvalue weighted by atomic mass is 35.5. The molecule has 4 atom stereocenters. The molecule has 3 amide bonds. The predicted molar refractivity (Wildman–Crippen MR) is 111 cm³/mol. The number of fused-ring (bicyclic) bond motifs is 5. The van der Waals surface area contributed by atoms with E-state index in [1.165, 1.54) is 12.1 Å². The van der Waals surface area contributed by atoms with Crippen LogP contribution in [0, 0.1) is 22.0 Å². The number of benzene rings is 2. The van der Waals surface area contributed by atoms with Gasteiger partial charge in [-0.3, -0.25) is 29.8 Å². The molecule has 2 saturated heterocycles. The van der Waals surface area contributed by atoms with Crippen molar-refractivity contribution in [3.8, 4) is 0 Å². The summed E-state index contributed by atoms with van der Waals surface area (Å²) in [4.78, 5) is 50.7. The lowest BCUT2D eigenvalue weighted by Crippen LogP contribution is -2.45. The van der Waals surface area contributed by atoms with Crippen LogP contribution >= 0.6 is 11.6 Å². The van der Waals surface area contributed by atoms with Gasteiger partial charge in [0.1, 0.15) is 11.1 Å². The lowest BCUT2D eigenvalue weighted by atomic mass is 9.84. The number of imide groups is 1. The van der Waals surface area contributed by atoms with E-state index < -0.39 is 46.6 Å². The number of hydrogen-bond donors (Lipinski definition) is 2. The third-order valence-electron chi connectivity index (χ3n) is 5.98. The monoisotopic (exact) mass is 438 g/mol. The Morgan fingerprint density at radius 2 is 1.87 bits per heavy atom. The minimum atomic E-state index is -0.958. The maximum absolute atomic E-state index is 13.3. The molecule has 2 aromatic rings. The molecule has 0 radical (unpaired) electrons. The number of nitro groups is 1. The van der Waals surface area contributed by atoms with Gasteiger partial charge < -0.3 is 10.2 Å². The van der Waals surface area contributed by atoms with Gasteiger partial charge in [0.15, 0.2) is 0 Å². The van der Waals surface area contributed by atoms with Crippen LogP contribution in [0.4, 0.5) is 11.4 Å². The number of nitro benzene ring substituents is 1. The van der Waals surface area contributed by atoms with Crippen molar-refractivity contribution in [1.82, 2.24) is 10.2 Å². The average Bonchev–Trinajstić information content (AvgIpc) is 3.24. The molecule has 0 saturated carbocycles. The highest BCUT2D eigenvalue weighted by molar-refractivity contribution is 6.32. The van der Waals surface area contributed by atoms with E-state index in [4.69, 9.17) is 11.6 Å². The van der Waals surface area contributed by atoms with E-state index in [0.717, 1.165) is 17.2 Å². The number of rotatable bonds is 3. The molecule has 10 heteroatoms. The van der Waals surface area contributed by atoms with Crippen LogP contribution in [0.3, 0.4) is 0 Å². The van der Waals surface area contributed by atoms with Crippen LogP contribution in [0.25, 0.3) is 6.08 Å². The fourth-order valence-electron chi connectivity index (χ4n) is 4.72. The van der Waals surface area contributed by atoms with E-state index in [-0.39, 0.29) is 16.4 Å². The minimum absolute atomic E-state index is 0.0552. The maximum Gasteiger partial charge on any atom is 0.289 e. The van der Waals surface area contributed by atoms with Gasteiger partial charge in [-0.05, 0) is 29.3 Å². The van der Waals surface area contributed by atoms with Crippen LogP contribution in [-0.4, -0.2) is 33.6 Å². The van der Waals surface area contributed by atoms with Gasteiger partial charge in [-0.1, -0.05) is 35.9 Å². The lowest BCUT2D eigenvalue weighted by Gasteiger charge is -2.34. The highest BCUT2D eigenvalue weighted by Gasteiger charge is 2.61. The van der Waals surface area contributed by atoms with E-state index in [1.807, 2.05) is 30.3 Å². The fraction of sp³-hybridized carbons (Fsp3) is 0.190. The smallest absolute Gasteiger partial charge is 0.289 e. The molecule has 2 N–H and O–H groups in total. The van der Waals surface area contributed by atoms with Crippen molar-refractivity contribution in [2.75, 3.05) is 5.32 Å². The topological polar surface area (TPSA) is 122 Å². The quantitative estimate of drug-likeness (QED) is 0.431. The molecule has 3 heterocycles. The summed E-state index contributed by atoms with van der Waals surface area (Å²) in [5, 5.41) is 16.1. The number of amides is 3. The second-order valence-electron chi connectivity index (χ2n) is 7.60. The van der Waals surface area contributed by atoms with Gasteiger partial charge in [-0.15, -0.1) is 0 Å². The summed E-state index contributed by atoms with van der Waals surface area (Å²) in [6, 6.07) is 10.0. The molecule has 2 aromatic carbocycles. The van der Waals surface area contributed by atoms with Crippen LogP contribution in [0.15, 0.2) is 48.7 Å². The first-order valence-corrected chi connectivity index (χ1v) is 9.88. The minimum Gasteiger partial charge on any atom is -0.357 e. The molecule has 3 aliphatic heterocycles. The zero-order valence-electron chi connectivity index (χ0n) is 15.8. The Bertz CT molecular complexity index is 1200. The van der Waals surface area contributed by atoms with Crippen LogP contribution < -0.4 is 10.6 Å². The molecular weight excluding hydrogens is 424 g/mol. The molecule has 0 aromatic heterocycles. The molecule has 0 aliphatic carbocycles. The van der Waals surface area contributed by atoms with Gasteiger partial charge in [0.25, 0.3) is 5.69 Å². The number of nitrogens with one attached hydrogen (secondary N) is 2. The first-order valence-electron chi connectivity index (χ1n) is 9.51. The van der Waals surface area contributed by atoms with Crippen LogP contribution in [0.1, 0.15) is 17.2 Å². The van der Waals surface area contributed by atoms with E-state index >= 15 is 0 Å². The van der Waals surface area contributed by atoms with Gasteiger partial charge >= 0.3 is 0 Å². The van der Waals surface area contributed by atoms with E-state index in [2.05, 4.69) is 10.6 Å². The fourth-order valence-corrected chi connectivity index (χ4v) is 4.91. The van der Waals surface area contributed by atoms with Crippen LogP contribution in [-0.2, 0) is 14.4 Å². The van der Waals surface area contributed by atoms with Gasteiger partial charge in [0.2, 0.25) is 17.7 Å². The number of carbonyl (C=O) groups excluding carboxylic acids is 3. The molecule has 0 spiro atoms. The van der Waals surface area contributed by atoms with E-state index in [9.17, 15) is 24.5 Å². The van der Waals surface area contributed by atoms with E-state index in [0.29, 0.717) is 0 Å². The SMILES string of the molecule is O=C1NC(=O)[C@H]2[C@@H]1[C@@H](C(=O)Nc1ccc(Cl)c([N+](=O)[O-])c1)N1C=Cc3ccccc3[C@@H]21. The second-order valence-corrected chi connectivity index (χ2v) is 8.01. The summed E-state index contributed by atoms with van der Waals surface area (Å²) < 4.78 is 0. The summed E-state index contributed by atoms with van der Waals surface area (Å²) in [7, 11) is 0. The Hall–Kier alpha value is -3.72. The van der Waals surface area contributed by atoms with Crippen molar-refractivity contribution in [2.45, 2.75) is 12.1 Å². The molecule has 0 unspecified atom stereocenters. The Kier molecular flexibility index (Phi) is 4.30. The van der Waals surface area contributed by atoms with Crippen molar-refractivity contribution in [2.24, 2.45) is 11.8 Å². The first-order chi connectivity index (χ1) is 14.9. The van der Waals surface area contributed by atoms with Crippen molar-refractivity contribution in [1.29, 1.82) is 0 Å². The normalized spacial score (nSPS) is 25.5. The molecule has 9 nitrogen and oxygen atoms in total. The Labute approximate surface area is 180 Å². The van der Waals surface area contributed by atoms with Gasteiger partial charge in [-0.25, -0.2) is 0 Å². The van der Waals surface area contributed by atoms with Crippen molar-refractivity contribution in [3.63, 3.8) is 0 Å². The molecule has 31 heavy (non-hydrogen) atoms. The number of hydrogen-bond acceptors (Lipinski definition) is 6. The molecule has 5 rings (SSSR count).